The Morgan fingerprint density at radius 1 is 1.21 bits per heavy atom. The topological polar surface area (TPSA) is 24.5 Å². The van der Waals surface area contributed by atoms with Crippen LogP contribution in [-0.4, -0.2) is 44.7 Å². The Kier molecular flexibility index (Phi) is 5.67. The van der Waals surface area contributed by atoms with Crippen LogP contribution in [0.4, 0.5) is 0 Å². The summed E-state index contributed by atoms with van der Waals surface area (Å²) in [5.41, 5.74) is 2.67. The molecule has 106 valence electrons. The molecule has 3 heteroatoms. The predicted octanol–water partition coefficient (Wildman–Crippen LogP) is 2.23. The summed E-state index contributed by atoms with van der Waals surface area (Å²) in [7, 11) is 1.76. The van der Waals surface area contributed by atoms with Gasteiger partial charge < -0.3 is 15.0 Å². The number of hydrogen-bond acceptors (Lipinski definition) is 3. The SMILES string of the molecule is COc1ccc(C)cc1CCCCN1CCNCC1. The van der Waals surface area contributed by atoms with Crippen LogP contribution in [0.5, 0.6) is 5.75 Å². The lowest BCUT2D eigenvalue weighted by atomic mass is 10.0. The highest BCUT2D eigenvalue weighted by Crippen LogP contribution is 2.21. The van der Waals surface area contributed by atoms with E-state index in [1.54, 1.807) is 7.11 Å². The first-order chi connectivity index (χ1) is 9.29. The van der Waals surface area contributed by atoms with Gasteiger partial charge in [-0.05, 0) is 44.4 Å². The molecule has 1 fully saturated rings. The van der Waals surface area contributed by atoms with Crippen LogP contribution in [0, 0.1) is 6.92 Å². The molecule has 1 heterocycles. The number of aryl methyl sites for hydroxylation is 2. The van der Waals surface area contributed by atoms with Crippen molar-refractivity contribution in [2.24, 2.45) is 0 Å². The smallest absolute Gasteiger partial charge is 0.122 e. The lowest BCUT2D eigenvalue weighted by Crippen LogP contribution is -2.43. The molecule has 1 saturated heterocycles. The molecule has 0 spiro atoms. The minimum absolute atomic E-state index is 1.03. The molecular formula is C16H26N2O. The fourth-order valence-electron chi connectivity index (χ4n) is 2.69. The maximum absolute atomic E-state index is 5.43. The molecule has 0 aromatic heterocycles. The molecule has 2 rings (SSSR count). The van der Waals surface area contributed by atoms with E-state index in [9.17, 15) is 0 Å². The van der Waals surface area contributed by atoms with Crippen molar-refractivity contribution in [3.8, 4) is 5.75 Å². The van der Waals surface area contributed by atoms with E-state index in [1.165, 1.54) is 43.6 Å². The fourth-order valence-corrected chi connectivity index (χ4v) is 2.69. The molecule has 0 atom stereocenters. The second kappa shape index (κ2) is 7.51. The minimum Gasteiger partial charge on any atom is -0.496 e. The average molecular weight is 262 g/mol. The summed E-state index contributed by atoms with van der Waals surface area (Å²) in [6.45, 7) is 8.07. The number of nitrogens with zero attached hydrogens (tertiary/aromatic N) is 1. The van der Waals surface area contributed by atoms with Crippen LogP contribution in [0.1, 0.15) is 24.0 Å². The van der Waals surface area contributed by atoms with Crippen molar-refractivity contribution in [3.05, 3.63) is 29.3 Å². The van der Waals surface area contributed by atoms with E-state index in [0.29, 0.717) is 0 Å². The first kappa shape index (κ1) is 14.4. The third-order valence-corrected chi connectivity index (χ3v) is 3.82. The number of rotatable bonds is 6. The van der Waals surface area contributed by atoms with E-state index in [-0.39, 0.29) is 0 Å². The van der Waals surface area contributed by atoms with Gasteiger partial charge in [0, 0.05) is 26.2 Å². The van der Waals surface area contributed by atoms with Crippen molar-refractivity contribution < 1.29 is 4.74 Å². The van der Waals surface area contributed by atoms with Crippen molar-refractivity contribution in [2.45, 2.75) is 26.2 Å². The zero-order valence-corrected chi connectivity index (χ0v) is 12.2. The van der Waals surface area contributed by atoms with Crippen molar-refractivity contribution in [3.63, 3.8) is 0 Å². The quantitative estimate of drug-likeness (QED) is 0.796. The minimum atomic E-state index is 1.03. The van der Waals surface area contributed by atoms with Crippen LogP contribution in [0.3, 0.4) is 0 Å². The monoisotopic (exact) mass is 262 g/mol. The third kappa shape index (κ3) is 4.51. The number of hydrogen-bond donors (Lipinski definition) is 1. The summed E-state index contributed by atoms with van der Waals surface area (Å²) in [4.78, 5) is 2.56. The first-order valence-electron chi connectivity index (χ1n) is 7.36. The van der Waals surface area contributed by atoms with Gasteiger partial charge in [-0.3, -0.25) is 0 Å². The summed E-state index contributed by atoms with van der Waals surface area (Å²) in [6.07, 6.45) is 3.64. The summed E-state index contributed by atoms with van der Waals surface area (Å²) in [5, 5.41) is 3.39. The van der Waals surface area contributed by atoms with Gasteiger partial charge in [-0.25, -0.2) is 0 Å². The van der Waals surface area contributed by atoms with Gasteiger partial charge in [-0.1, -0.05) is 17.7 Å². The van der Waals surface area contributed by atoms with E-state index < -0.39 is 0 Å². The fraction of sp³-hybridized carbons (Fsp3) is 0.625. The van der Waals surface area contributed by atoms with Crippen molar-refractivity contribution >= 4 is 0 Å². The zero-order valence-electron chi connectivity index (χ0n) is 12.2. The molecule has 0 radical (unpaired) electrons. The summed E-state index contributed by atoms with van der Waals surface area (Å²) in [6, 6.07) is 6.45. The van der Waals surface area contributed by atoms with Gasteiger partial charge in [0.05, 0.1) is 7.11 Å². The molecule has 0 unspecified atom stereocenters. The maximum atomic E-state index is 5.43. The molecule has 1 N–H and O–H groups in total. The van der Waals surface area contributed by atoms with Crippen LogP contribution < -0.4 is 10.1 Å². The van der Waals surface area contributed by atoms with Gasteiger partial charge in [0.2, 0.25) is 0 Å². The molecule has 0 bridgehead atoms. The van der Waals surface area contributed by atoms with Crippen LogP contribution >= 0.6 is 0 Å². The Bertz CT molecular complexity index is 386. The van der Waals surface area contributed by atoms with Gasteiger partial charge in [-0.2, -0.15) is 0 Å². The predicted molar refractivity (Wildman–Crippen MR) is 80.0 cm³/mol. The number of ether oxygens (including phenoxy) is 1. The Labute approximate surface area is 116 Å². The third-order valence-electron chi connectivity index (χ3n) is 3.82. The van der Waals surface area contributed by atoms with Crippen LogP contribution in [0.15, 0.2) is 18.2 Å². The lowest BCUT2D eigenvalue weighted by molar-refractivity contribution is 0.237. The van der Waals surface area contributed by atoms with Gasteiger partial charge in [0.25, 0.3) is 0 Å². The number of methoxy groups -OCH3 is 1. The van der Waals surface area contributed by atoms with E-state index in [0.717, 1.165) is 25.3 Å². The average Bonchev–Trinajstić information content (AvgIpc) is 2.45. The highest BCUT2D eigenvalue weighted by atomic mass is 16.5. The Balaban J connectivity index is 1.74. The second-order valence-electron chi connectivity index (χ2n) is 5.36. The van der Waals surface area contributed by atoms with Gasteiger partial charge in [-0.15, -0.1) is 0 Å². The molecule has 0 aliphatic carbocycles. The zero-order chi connectivity index (χ0) is 13.5. The van der Waals surface area contributed by atoms with E-state index in [1.807, 2.05) is 0 Å². The van der Waals surface area contributed by atoms with Crippen molar-refractivity contribution in [1.29, 1.82) is 0 Å². The molecule has 1 aromatic rings. The first-order valence-corrected chi connectivity index (χ1v) is 7.36. The molecular weight excluding hydrogens is 236 g/mol. The molecule has 1 aliphatic heterocycles. The summed E-state index contributed by atoms with van der Waals surface area (Å²) >= 11 is 0. The summed E-state index contributed by atoms with van der Waals surface area (Å²) < 4.78 is 5.43. The molecule has 0 saturated carbocycles. The maximum Gasteiger partial charge on any atom is 0.122 e. The van der Waals surface area contributed by atoms with Crippen molar-refractivity contribution in [2.75, 3.05) is 39.8 Å². The van der Waals surface area contributed by atoms with Crippen LogP contribution in [0.25, 0.3) is 0 Å². The molecule has 19 heavy (non-hydrogen) atoms. The van der Waals surface area contributed by atoms with E-state index in [2.05, 4.69) is 35.3 Å². The van der Waals surface area contributed by atoms with Crippen LogP contribution in [0.2, 0.25) is 0 Å². The van der Waals surface area contributed by atoms with E-state index in [4.69, 9.17) is 4.74 Å². The highest BCUT2D eigenvalue weighted by molar-refractivity contribution is 5.36. The Morgan fingerprint density at radius 2 is 2.00 bits per heavy atom. The van der Waals surface area contributed by atoms with Gasteiger partial charge in [0.1, 0.15) is 5.75 Å². The van der Waals surface area contributed by atoms with Crippen molar-refractivity contribution in [1.82, 2.24) is 10.2 Å². The van der Waals surface area contributed by atoms with E-state index >= 15 is 0 Å². The molecule has 0 amide bonds. The van der Waals surface area contributed by atoms with Gasteiger partial charge >= 0.3 is 0 Å². The number of nitrogens with one attached hydrogen (secondary N) is 1. The molecule has 1 aromatic carbocycles. The van der Waals surface area contributed by atoms with Gasteiger partial charge in [0.15, 0.2) is 0 Å². The largest absolute Gasteiger partial charge is 0.496 e. The number of unbranched alkanes of at least 4 members (excludes halogenated alkanes) is 1. The number of piperazine rings is 1. The molecule has 3 nitrogen and oxygen atoms in total. The number of benzene rings is 1. The second-order valence-corrected chi connectivity index (χ2v) is 5.36. The Morgan fingerprint density at radius 3 is 2.74 bits per heavy atom. The molecule has 1 aliphatic rings. The normalized spacial score (nSPS) is 16.5. The lowest BCUT2D eigenvalue weighted by Gasteiger charge is -2.27. The standard InChI is InChI=1S/C16H26N2O/c1-14-6-7-16(19-2)15(13-14)5-3-4-10-18-11-8-17-9-12-18/h6-7,13,17H,3-5,8-12H2,1-2H3. The Hall–Kier alpha value is -1.06. The van der Waals surface area contributed by atoms with Crippen LogP contribution in [-0.2, 0) is 6.42 Å². The highest BCUT2D eigenvalue weighted by Gasteiger charge is 2.09. The summed E-state index contributed by atoms with van der Waals surface area (Å²) in [5.74, 6) is 1.03.